The number of carbonyl (C=O) groups excluding carboxylic acids is 1. The van der Waals surface area contributed by atoms with E-state index in [0.717, 1.165) is 23.4 Å². The van der Waals surface area contributed by atoms with Crippen molar-refractivity contribution in [1.82, 2.24) is 9.78 Å². The van der Waals surface area contributed by atoms with E-state index in [-0.39, 0.29) is 11.2 Å². The summed E-state index contributed by atoms with van der Waals surface area (Å²) in [4.78, 5) is 12.4. The molecule has 1 N–H and O–H groups in total. The van der Waals surface area contributed by atoms with Crippen molar-refractivity contribution in [1.29, 1.82) is 0 Å². The Morgan fingerprint density at radius 3 is 2.55 bits per heavy atom. The Kier molecular flexibility index (Phi) is 2.89. The number of aromatic nitrogens is 2. The van der Waals surface area contributed by atoms with Crippen molar-refractivity contribution in [3.8, 4) is 5.69 Å². The molecule has 0 saturated heterocycles. The number of ketones is 1. The maximum absolute atomic E-state index is 12.4. The van der Waals surface area contributed by atoms with Gasteiger partial charge in [0.15, 0.2) is 11.6 Å². The highest BCUT2D eigenvalue weighted by Gasteiger charge is 2.36. The first-order valence-corrected chi connectivity index (χ1v) is 6.90. The average molecular weight is 269 g/mol. The fourth-order valence-electron chi connectivity index (χ4n) is 2.91. The zero-order valence-electron chi connectivity index (χ0n) is 12.1. The molecule has 20 heavy (non-hydrogen) atoms. The van der Waals surface area contributed by atoms with E-state index in [9.17, 15) is 4.79 Å². The Morgan fingerprint density at radius 1 is 1.20 bits per heavy atom. The predicted octanol–water partition coefficient (Wildman–Crippen LogP) is 3.07. The summed E-state index contributed by atoms with van der Waals surface area (Å²) in [5.41, 5.74) is 2.76. The lowest BCUT2D eigenvalue weighted by Crippen LogP contribution is -2.28. The van der Waals surface area contributed by atoms with Crippen LogP contribution >= 0.6 is 0 Å². The molecular formula is C16H19N3O. The Labute approximate surface area is 118 Å². The van der Waals surface area contributed by atoms with Crippen LogP contribution in [0.2, 0.25) is 0 Å². The summed E-state index contributed by atoms with van der Waals surface area (Å²) in [7, 11) is 1.81. The Balaban J connectivity index is 2.21. The third-order valence-electron chi connectivity index (χ3n) is 3.78. The summed E-state index contributed by atoms with van der Waals surface area (Å²) < 4.78 is 1.90. The van der Waals surface area contributed by atoms with E-state index in [4.69, 9.17) is 0 Å². The van der Waals surface area contributed by atoms with E-state index in [0.29, 0.717) is 12.2 Å². The van der Waals surface area contributed by atoms with Gasteiger partial charge in [-0.15, -0.1) is 5.10 Å². The second-order valence-electron chi connectivity index (χ2n) is 6.11. The SMILES string of the molecule is CNc1nn(-c2ccccc2)c2c1C(=O)CC(C)(C)C2. The van der Waals surface area contributed by atoms with Gasteiger partial charge in [0.05, 0.1) is 16.9 Å². The van der Waals surface area contributed by atoms with Gasteiger partial charge >= 0.3 is 0 Å². The predicted molar refractivity (Wildman–Crippen MR) is 79.5 cm³/mol. The molecule has 1 aliphatic carbocycles. The number of fused-ring (bicyclic) bond motifs is 1. The quantitative estimate of drug-likeness (QED) is 0.911. The van der Waals surface area contributed by atoms with Gasteiger partial charge in [0, 0.05) is 13.5 Å². The molecule has 0 amide bonds. The third-order valence-corrected chi connectivity index (χ3v) is 3.78. The molecule has 1 aromatic heterocycles. The molecule has 0 radical (unpaired) electrons. The van der Waals surface area contributed by atoms with E-state index < -0.39 is 0 Å². The number of carbonyl (C=O) groups is 1. The summed E-state index contributed by atoms with van der Waals surface area (Å²) in [6, 6.07) is 9.97. The molecule has 4 heteroatoms. The Morgan fingerprint density at radius 2 is 1.90 bits per heavy atom. The normalized spacial score (nSPS) is 16.9. The van der Waals surface area contributed by atoms with Gasteiger partial charge in [0.2, 0.25) is 0 Å². The van der Waals surface area contributed by atoms with E-state index in [1.807, 2.05) is 42.1 Å². The van der Waals surface area contributed by atoms with Gasteiger partial charge in [-0.3, -0.25) is 4.79 Å². The summed E-state index contributed by atoms with van der Waals surface area (Å²) in [5, 5.41) is 7.63. The highest BCUT2D eigenvalue weighted by atomic mass is 16.1. The third kappa shape index (κ3) is 2.01. The molecule has 0 spiro atoms. The van der Waals surface area contributed by atoms with Crippen LogP contribution in [0.4, 0.5) is 5.82 Å². The molecular weight excluding hydrogens is 250 g/mol. The summed E-state index contributed by atoms with van der Waals surface area (Å²) in [6.07, 6.45) is 1.44. The van der Waals surface area contributed by atoms with Crippen molar-refractivity contribution < 1.29 is 4.79 Å². The standard InChI is InChI=1S/C16H19N3O/c1-16(2)9-12-14(13(20)10-16)15(17-3)18-19(12)11-7-5-4-6-8-11/h4-8H,9-10H2,1-3H3,(H,17,18). The van der Waals surface area contributed by atoms with Crippen LogP contribution in [0.15, 0.2) is 30.3 Å². The Hall–Kier alpha value is -2.10. The van der Waals surface area contributed by atoms with E-state index in [1.165, 1.54) is 0 Å². The van der Waals surface area contributed by atoms with Gasteiger partial charge in [-0.2, -0.15) is 0 Å². The van der Waals surface area contributed by atoms with Gasteiger partial charge in [0.1, 0.15) is 0 Å². The highest BCUT2D eigenvalue weighted by Crippen LogP contribution is 2.38. The average Bonchev–Trinajstić information content (AvgIpc) is 2.77. The van der Waals surface area contributed by atoms with Crippen molar-refractivity contribution in [2.75, 3.05) is 12.4 Å². The van der Waals surface area contributed by atoms with Crippen LogP contribution < -0.4 is 5.32 Å². The molecule has 0 fully saturated rings. The zero-order valence-corrected chi connectivity index (χ0v) is 12.1. The van der Waals surface area contributed by atoms with Crippen LogP contribution in [0.3, 0.4) is 0 Å². The van der Waals surface area contributed by atoms with Crippen LogP contribution in [0.1, 0.15) is 36.3 Å². The van der Waals surface area contributed by atoms with Crippen LogP contribution in [-0.4, -0.2) is 22.6 Å². The first kappa shape index (κ1) is 12.9. The lowest BCUT2D eigenvalue weighted by atomic mass is 9.76. The molecule has 0 saturated carbocycles. The number of hydrogen-bond donors (Lipinski definition) is 1. The number of benzene rings is 1. The van der Waals surface area contributed by atoms with E-state index in [1.54, 1.807) is 0 Å². The molecule has 0 aliphatic heterocycles. The minimum absolute atomic E-state index is 0.0122. The van der Waals surface area contributed by atoms with Crippen molar-refractivity contribution in [2.45, 2.75) is 26.7 Å². The fourth-order valence-corrected chi connectivity index (χ4v) is 2.91. The maximum atomic E-state index is 12.4. The van der Waals surface area contributed by atoms with Crippen LogP contribution in [0.5, 0.6) is 0 Å². The molecule has 0 bridgehead atoms. The van der Waals surface area contributed by atoms with Crippen molar-refractivity contribution in [3.63, 3.8) is 0 Å². The van der Waals surface area contributed by atoms with Crippen LogP contribution in [0.25, 0.3) is 5.69 Å². The highest BCUT2D eigenvalue weighted by molar-refractivity contribution is 6.03. The van der Waals surface area contributed by atoms with Gasteiger partial charge < -0.3 is 5.32 Å². The fraction of sp³-hybridized carbons (Fsp3) is 0.375. The second kappa shape index (κ2) is 4.47. The number of nitrogens with zero attached hydrogens (tertiary/aromatic N) is 2. The Bertz CT molecular complexity index is 656. The number of anilines is 1. The smallest absolute Gasteiger partial charge is 0.169 e. The van der Waals surface area contributed by atoms with Crippen LogP contribution in [0, 0.1) is 5.41 Å². The van der Waals surface area contributed by atoms with Gasteiger partial charge in [-0.1, -0.05) is 32.0 Å². The topological polar surface area (TPSA) is 46.9 Å². The number of hydrogen-bond acceptors (Lipinski definition) is 3. The minimum Gasteiger partial charge on any atom is -0.371 e. The molecule has 0 unspecified atom stereocenters. The molecule has 104 valence electrons. The van der Waals surface area contributed by atoms with Gasteiger partial charge in [-0.25, -0.2) is 4.68 Å². The van der Waals surface area contributed by atoms with Crippen molar-refractivity contribution >= 4 is 11.6 Å². The van der Waals surface area contributed by atoms with E-state index in [2.05, 4.69) is 24.3 Å². The van der Waals surface area contributed by atoms with Gasteiger partial charge in [0.25, 0.3) is 0 Å². The van der Waals surface area contributed by atoms with Gasteiger partial charge in [-0.05, 0) is 24.0 Å². The summed E-state index contributed by atoms with van der Waals surface area (Å²) in [5.74, 6) is 0.868. The number of para-hydroxylation sites is 1. The van der Waals surface area contributed by atoms with Crippen LogP contribution in [-0.2, 0) is 6.42 Å². The minimum atomic E-state index is -0.0122. The monoisotopic (exact) mass is 269 g/mol. The second-order valence-corrected chi connectivity index (χ2v) is 6.11. The number of nitrogens with one attached hydrogen (secondary N) is 1. The molecule has 3 rings (SSSR count). The molecule has 0 atom stereocenters. The van der Waals surface area contributed by atoms with E-state index >= 15 is 0 Å². The first-order valence-electron chi connectivity index (χ1n) is 6.90. The molecule has 2 aromatic rings. The summed E-state index contributed by atoms with van der Waals surface area (Å²) >= 11 is 0. The lowest BCUT2D eigenvalue weighted by molar-refractivity contribution is 0.0912. The number of Topliss-reactive ketones (excluding diaryl/α,β-unsaturated/α-hetero) is 1. The van der Waals surface area contributed by atoms with Crippen molar-refractivity contribution in [3.05, 3.63) is 41.6 Å². The first-order chi connectivity index (χ1) is 9.52. The molecule has 1 heterocycles. The maximum Gasteiger partial charge on any atom is 0.169 e. The lowest BCUT2D eigenvalue weighted by Gasteiger charge is -2.29. The largest absolute Gasteiger partial charge is 0.371 e. The molecule has 1 aliphatic rings. The number of rotatable bonds is 2. The molecule has 4 nitrogen and oxygen atoms in total. The summed E-state index contributed by atoms with van der Waals surface area (Å²) in [6.45, 7) is 4.27. The molecule has 1 aromatic carbocycles. The zero-order chi connectivity index (χ0) is 14.3. The van der Waals surface area contributed by atoms with Crippen molar-refractivity contribution in [2.24, 2.45) is 5.41 Å².